The molecule has 0 unspecified atom stereocenters. The molecule has 0 amide bonds. The molecule has 2 rings (SSSR count). The van der Waals surface area contributed by atoms with Crippen LogP contribution in [0.4, 0.5) is 21.5 Å². The molecule has 0 aliphatic heterocycles. The van der Waals surface area contributed by atoms with Gasteiger partial charge in [-0.05, 0) is 36.7 Å². The largest absolute Gasteiger partial charge is 0.397 e. The van der Waals surface area contributed by atoms with Crippen LogP contribution in [-0.2, 0) is 0 Å². The Morgan fingerprint density at radius 2 is 1.90 bits per heavy atom. The van der Waals surface area contributed by atoms with E-state index in [0.29, 0.717) is 11.6 Å². The van der Waals surface area contributed by atoms with Crippen LogP contribution in [-0.4, -0.2) is 6.54 Å². The van der Waals surface area contributed by atoms with Crippen LogP contribution in [0.15, 0.2) is 6.07 Å². The first-order valence-corrected chi connectivity index (χ1v) is 7.99. The van der Waals surface area contributed by atoms with E-state index < -0.39 is 5.82 Å². The van der Waals surface area contributed by atoms with Crippen molar-refractivity contribution in [2.75, 3.05) is 23.3 Å². The molecule has 3 nitrogen and oxygen atoms in total. The predicted octanol–water partition coefficient (Wildman–Crippen LogP) is 4.66. The molecule has 0 radical (unpaired) electrons. The number of nitrogen functional groups attached to an aromatic ring is 2. The van der Waals surface area contributed by atoms with Crippen LogP contribution in [0.2, 0.25) is 5.02 Å². The zero-order valence-corrected chi connectivity index (χ0v) is 13.6. The fraction of sp³-hybridized carbons (Fsp3) is 0.625. The molecule has 0 spiro atoms. The van der Waals surface area contributed by atoms with Crippen molar-refractivity contribution in [2.45, 2.75) is 46.0 Å². The maximum absolute atomic E-state index is 14.2. The molecule has 1 aromatic carbocycles. The Hall–Kier alpha value is -1.16. The second-order valence-electron chi connectivity index (χ2n) is 6.72. The third-order valence-corrected chi connectivity index (χ3v) is 4.80. The van der Waals surface area contributed by atoms with Crippen LogP contribution in [0.25, 0.3) is 0 Å². The second kappa shape index (κ2) is 6.30. The fourth-order valence-electron chi connectivity index (χ4n) is 3.57. The summed E-state index contributed by atoms with van der Waals surface area (Å²) >= 11 is 5.87. The molecule has 0 heterocycles. The molecule has 118 valence electrons. The number of halogens is 2. The van der Waals surface area contributed by atoms with Crippen molar-refractivity contribution < 1.29 is 4.39 Å². The maximum Gasteiger partial charge on any atom is 0.169 e. The summed E-state index contributed by atoms with van der Waals surface area (Å²) in [6.45, 7) is 5.19. The smallest absolute Gasteiger partial charge is 0.169 e. The van der Waals surface area contributed by atoms with Gasteiger partial charge < -0.3 is 16.8 Å². The van der Waals surface area contributed by atoms with E-state index in [4.69, 9.17) is 23.1 Å². The average Bonchev–Trinajstić information content (AvgIpc) is 2.84. The second-order valence-corrected chi connectivity index (χ2v) is 7.09. The van der Waals surface area contributed by atoms with Crippen molar-refractivity contribution in [1.82, 2.24) is 0 Å². The van der Waals surface area contributed by atoms with Crippen molar-refractivity contribution in [1.29, 1.82) is 0 Å². The summed E-state index contributed by atoms with van der Waals surface area (Å²) in [5, 5.41) is 3.14. The average molecular weight is 314 g/mol. The third kappa shape index (κ3) is 3.54. The summed E-state index contributed by atoms with van der Waals surface area (Å²) < 4.78 is 14.2. The molecule has 5 heteroatoms. The first-order chi connectivity index (χ1) is 9.84. The van der Waals surface area contributed by atoms with Gasteiger partial charge in [-0.1, -0.05) is 38.3 Å². The van der Waals surface area contributed by atoms with Crippen LogP contribution in [0.1, 0.15) is 46.0 Å². The van der Waals surface area contributed by atoms with Gasteiger partial charge in [-0.15, -0.1) is 0 Å². The van der Waals surface area contributed by atoms with Gasteiger partial charge in [0.2, 0.25) is 0 Å². The van der Waals surface area contributed by atoms with Crippen LogP contribution >= 0.6 is 11.6 Å². The number of hydrogen-bond acceptors (Lipinski definition) is 3. The van der Waals surface area contributed by atoms with Crippen LogP contribution in [0.5, 0.6) is 0 Å². The zero-order chi connectivity index (χ0) is 15.6. The van der Waals surface area contributed by atoms with Gasteiger partial charge in [0, 0.05) is 6.54 Å². The Balaban J connectivity index is 2.17. The monoisotopic (exact) mass is 313 g/mol. The number of hydrogen-bond donors (Lipinski definition) is 3. The van der Waals surface area contributed by atoms with Crippen LogP contribution in [0, 0.1) is 17.2 Å². The Labute approximate surface area is 131 Å². The third-order valence-electron chi connectivity index (χ3n) is 4.41. The lowest BCUT2D eigenvalue weighted by atomic mass is 9.78. The summed E-state index contributed by atoms with van der Waals surface area (Å²) in [5.41, 5.74) is 12.5. The fourth-order valence-corrected chi connectivity index (χ4v) is 3.71. The standard InChI is InChI=1S/C16H25ClFN3/c1-10(2)8-16(5-3-4-6-16)9-21-15-12(20)7-11(19)13(17)14(15)18/h7,10,21H,3-6,8-9,19-20H2,1-2H3. The number of nitrogens with one attached hydrogen (secondary N) is 1. The van der Waals surface area contributed by atoms with Gasteiger partial charge in [0.15, 0.2) is 5.82 Å². The van der Waals surface area contributed by atoms with Gasteiger partial charge in [-0.25, -0.2) is 4.39 Å². The van der Waals surface area contributed by atoms with E-state index in [9.17, 15) is 4.39 Å². The molecular weight excluding hydrogens is 289 g/mol. The van der Waals surface area contributed by atoms with E-state index in [1.807, 2.05) is 0 Å². The van der Waals surface area contributed by atoms with Crippen LogP contribution in [0.3, 0.4) is 0 Å². The summed E-state index contributed by atoms with van der Waals surface area (Å²) in [6, 6.07) is 1.51. The van der Waals surface area contributed by atoms with Crippen molar-refractivity contribution in [2.24, 2.45) is 11.3 Å². The van der Waals surface area contributed by atoms with Gasteiger partial charge in [0.1, 0.15) is 5.02 Å². The van der Waals surface area contributed by atoms with E-state index in [1.165, 1.54) is 31.7 Å². The normalized spacial score (nSPS) is 17.4. The lowest BCUT2D eigenvalue weighted by Crippen LogP contribution is -2.29. The maximum atomic E-state index is 14.2. The number of benzene rings is 1. The molecule has 0 bridgehead atoms. The van der Waals surface area contributed by atoms with Crippen molar-refractivity contribution in [3.8, 4) is 0 Å². The molecule has 0 atom stereocenters. The first-order valence-electron chi connectivity index (χ1n) is 7.61. The minimum Gasteiger partial charge on any atom is -0.397 e. The van der Waals surface area contributed by atoms with E-state index in [-0.39, 0.29) is 21.8 Å². The van der Waals surface area contributed by atoms with E-state index in [2.05, 4.69) is 19.2 Å². The van der Waals surface area contributed by atoms with Gasteiger partial charge in [0.25, 0.3) is 0 Å². The highest BCUT2D eigenvalue weighted by molar-refractivity contribution is 6.33. The summed E-state index contributed by atoms with van der Waals surface area (Å²) in [7, 11) is 0. The Bertz CT molecular complexity index is 511. The van der Waals surface area contributed by atoms with Crippen molar-refractivity contribution in [3.05, 3.63) is 16.9 Å². The predicted molar refractivity (Wildman–Crippen MR) is 89.1 cm³/mol. The Morgan fingerprint density at radius 3 is 2.48 bits per heavy atom. The molecule has 1 aliphatic rings. The Morgan fingerprint density at radius 1 is 1.29 bits per heavy atom. The molecule has 5 N–H and O–H groups in total. The molecular formula is C16H25ClFN3. The summed E-state index contributed by atoms with van der Waals surface area (Å²) in [6.07, 6.45) is 6.00. The van der Waals surface area contributed by atoms with Gasteiger partial charge in [-0.3, -0.25) is 0 Å². The number of rotatable bonds is 5. The number of anilines is 3. The minimum atomic E-state index is -0.549. The first kappa shape index (κ1) is 16.2. The number of nitrogens with two attached hydrogens (primary N) is 2. The molecule has 1 fully saturated rings. The molecule has 0 aromatic heterocycles. The lowest BCUT2D eigenvalue weighted by molar-refractivity contribution is 0.252. The quantitative estimate of drug-likeness (QED) is 0.693. The van der Waals surface area contributed by atoms with E-state index >= 15 is 0 Å². The Kier molecular flexibility index (Phi) is 4.87. The topological polar surface area (TPSA) is 64.1 Å². The summed E-state index contributed by atoms with van der Waals surface area (Å²) in [5.74, 6) is 0.0777. The van der Waals surface area contributed by atoms with Crippen molar-refractivity contribution in [3.63, 3.8) is 0 Å². The SMILES string of the molecule is CC(C)CC1(CNc2c(N)cc(N)c(Cl)c2F)CCCC1. The van der Waals surface area contributed by atoms with E-state index in [1.54, 1.807) is 0 Å². The van der Waals surface area contributed by atoms with Crippen molar-refractivity contribution >= 4 is 28.7 Å². The molecule has 1 aliphatic carbocycles. The molecule has 1 aromatic rings. The summed E-state index contributed by atoms with van der Waals surface area (Å²) in [4.78, 5) is 0. The minimum absolute atomic E-state index is 0.0592. The van der Waals surface area contributed by atoms with E-state index in [0.717, 1.165) is 13.0 Å². The highest BCUT2D eigenvalue weighted by Crippen LogP contribution is 2.44. The molecule has 0 saturated heterocycles. The molecule has 1 saturated carbocycles. The highest BCUT2D eigenvalue weighted by Gasteiger charge is 2.34. The highest BCUT2D eigenvalue weighted by atomic mass is 35.5. The van der Waals surface area contributed by atoms with Crippen LogP contribution < -0.4 is 16.8 Å². The molecule has 21 heavy (non-hydrogen) atoms. The van der Waals surface area contributed by atoms with Gasteiger partial charge >= 0.3 is 0 Å². The zero-order valence-electron chi connectivity index (χ0n) is 12.8. The van der Waals surface area contributed by atoms with Gasteiger partial charge in [0.05, 0.1) is 17.1 Å². The van der Waals surface area contributed by atoms with Gasteiger partial charge in [-0.2, -0.15) is 0 Å². The lowest BCUT2D eigenvalue weighted by Gasteiger charge is -2.32.